The number of hydrogen-bond donors (Lipinski definition) is 2. The van der Waals surface area contributed by atoms with Crippen LogP contribution >= 0.6 is 12.2 Å². The topological polar surface area (TPSA) is 41.9 Å². The number of nitrogens with zero attached hydrogens (tertiary/aromatic N) is 2. The van der Waals surface area contributed by atoms with Gasteiger partial charge in [0.15, 0.2) is 5.11 Å². The van der Waals surface area contributed by atoms with Gasteiger partial charge in [0.25, 0.3) is 0 Å². The molecule has 2 aromatic rings. The summed E-state index contributed by atoms with van der Waals surface area (Å²) in [5, 5.41) is 11.2. The molecule has 0 fully saturated rings. The second-order valence-electron chi connectivity index (χ2n) is 4.43. The van der Waals surface area contributed by atoms with Crippen molar-refractivity contribution in [3.8, 4) is 0 Å². The molecule has 0 unspecified atom stereocenters. The van der Waals surface area contributed by atoms with Crippen molar-refractivity contribution in [1.29, 1.82) is 0 Å². The zero-order valence-corrected chi connectivity index (χ0v) is 12.2. The van der Waals surface area contributed by atoms with E-state index in [0.29, 0.717) is 5.11 Å². The third kappa shape index (κ3) is 3.54. The largest absolute Gasteiger partial charge is 0.332 e. The van der Waals surface area contributed by atoms with Gasteiger partial charge in [-0.25, -0.2) is 0 Å². The molecule has 2 N–H and O–H groups in total. The molecule has 0 amide bonds. The van der Waals surface area contributed by atoms with Crippen molar-refractivity contribution in [3.63, 3.8) is 0 Å². The van der Waals surface area contributed by atoms with Crippen LogP contribution < -0.4 is 10.6 Å². The van der Waals surface area contributed by atoms with Crippen LogP contribution in [0.1, 0.15) is 18.2 Å². The van der Waals surface area contributed by atoms with Crippen molar-refractivity contribution in [3.05, 3.63) is 41.7 Å². The third-order valence-electron chi connectivity index (χ3n) is 2.85. The molecule has 0 aliphatic carbocycles. The van der Waals surface area contributed by atoms with Gasteiger partial charge >= 0.3 is 0 Å². The minimum Gasteiger partial charge on any atom is -0.332 e. The first-order valence-corrected chi connectivity index (χ1v) is 6.66. The van der Waals surface area contributed by atoms with Gasteiger partial charge in [0.2, 0.25) is 0 Å². The van der Waals surface area contributed by atoms with Crippen molar-refractivity contribution in [2.45, 2.75) is 20.3 Å². The summed E-state index contributed by atoms with van der Waals surface area (Å²) in [6.45, 7) is 4.08. The molecule has 19 heavy (non-hydrogen) atoms. The normalized spacial score (nSPS) is 10.3. The summed E-state index contributed by atoms with van der Waals surface area (Å²) >= 11 is 5.31. The Balaban J connectivity index is 2.03. The second kappa shape index (κ2) is 5.84. The number of nitrogens with one attached hydrogen (secondary N) is 2. The Kier molecular flexibility index (Phi) is 4.16. The molecule has 1 heterocycles. The first kappa shape index (κ1) is 13.5. The molecule has 0 radical (unpaired) electrons. The SMILES string of the molecule is CCc1cccc(NC(=S)Nc2cn(C)nc2C)c1. The third-order valence-corrected chi connectivity index (χ3v) is 3.06. The van der Waals surface area contributed by atoms with Crippen molar-refractivity contribution >= 4 is 28.7 Å². The molecule has 0 saturated carbocycles. The van der Waals surface area contributed by atoms with E-state index in [4.69, 9.17) is 12.2 Å². The van der Waals surface area contributed by atoms with Gasteiger partial charge in [0.05, 0.1) is 11.4 Å². The molecule has 0 spiro atoms. The molecular formula is C14H18N4S. The number of hydrogen-bond acceptors (Lipinski definition) is 2. The maximum absolute atomic E-state index is 5.31. The molecule has 0 aliphatic rings. The van der Waals surface area contributed by atoms with Crippen LogP contribution in [0.4, 0.5) is 11.4 Å². The molecule has 5 heteroatoms. The maximum Gasteiger partial charge on any atom is 0.175 e. The lowest BCUT2D eigenvalue weighted by Gasteiger charge is -2.10. The predicted molar refractivity (Wildman–Crippen MR) is 83.6 cm³/mol. The molecule has 0 atom stereocenters. The fraction of sp³-hybridized carbons (Fsp3) is 0.286. The highest BCUT2D eigenvalue weighted by Gasteiger charge is 2.05. The Labute approximate surface area is 118 Å². The van der Waals surface area contributed by atoms with Crippen LogP contribution in [-0.4, -0.2) is 14.9 Å². The van der Waals surface area contributed by atoms with Crippen molar-refractivity contribution < 1.29 is 0 Å². The number of rotatable bonds is 3. The predicted octanol–water partition coefficient (Wildman–Crippen LogP) is 3.10. The Hall–Kier alpha value is -1.88. The Bertz CT molecular complexity index is 589. The number of thiocarbonyl (C=S) groups is 1. The van der Waals surface area contributed by atoms with E-state index in [1.807, 2.05) is 32.3 Å². The molecule has 4 nitrogen and oxygen atoms in total. The highest BCUT2D eigenvalue weighted by atomic mass is 32.1. The summed E-state index contributed by atoms with van der Waals surface area (Å²) in [5.41, 5.74) is 4.13. The Morgan fingerprint density at radius 2 is 2.16 bits per heavy atom. The standard InChI is InChI=1S/C14H18N4S/c1-4-11-6-5-7-12(8-11)15-14(19)16-13-9-18(3)17-10(13)2/h5-9H,4H2,1-3H3,(H2,15,16,19). The molecule has 0 saturated heterocycles. The zero-order chi connectivity index (χ0) is 13.8. The van der Waals surface area contributed by atoms with Crippen molar-refractivity contribution in [2.24, 2.45) is 7.05 Å². The summed E-state index contributed by atoms with van der Waals surface area (Å²) in [7, 11) is 1.89. The van der Waals surface area contributed by atoms with Crippen LogP contribution in [-0.2, 0) is 13.5 Å². The van der Waals surface area contributed by atoms with Gasteiger partial charge in [-0.15, -0.1) is 0 Å². The first-order valence-electron chi connectivity index (χ1n) is 6.25. The molecule has 100 valence electrons. The van der Waals surface area contributed by atoms with Gasteiger partial charge in [-0.3, -0.25) is 4.68 Å². The molecule has 0 aliphatic heterocycles. The van der Waals surface area contributed by atoms with Crippen molar-refractivity contribution in [2.75, 3.05) is 10.6 Å². The monoisotopic (exact) mass is 274 g/mol. The van der Waals surface area contributed by atoms with Gasteiger partial charge in [-0.05, 0) is 43.3 Å². The lowest BCUT2D eigenvalue weighted by Crippen LogP contribution is -2.19. The maximum atomic E-state index is 5.31. The van der Waals surface area contributed by atoms with Crippen LogP contribution in [0.5, 0.6) is 0 Å². The summed E-state index contributed by atoms with van der Waals surface area (Å²) in [6, 6.07) is 8.24. The summed E-state index contributed by atoms with van der Waals surface area (Å²) < 4.78 is 1.76. The number of aryl methyl sites for hydroxylation is 3. The molecular weight excluding hydrogens is 256 g/mol. The summed E-state index contributed by atoms with van der Waals surface area (Å²) in [4.78, 5) is 0. The smallest absolute Gasteiger partial charge is 0.175 e. The second-order valence-corrected chi connectivity index (χ2v) is 4.84. The minimum atomic E-state index is 0.573. The highest BCUT2D eigenvalue weighted by molar-refractivity contribution is 7.80. The average Bonchev–Trinajstić information content (AvgIpc) is 2.68. The number of aromatic nitrogens is 2. The molecule has 1 aromatic heterocycles. The minimum absolute atomic E-state index is 0.573. The van der Waals surface area contributed by atoms with Crippen LogP contribution in [0.15, 0.2) is 30.5 Å². The fourth-order valence-electron chi connectivity index (χ4n) is 1.88. The molecule has 1 aromatic carbocycles. The summed E-state index contributed by atoms with van der Waals surface area (Å²) in [6.07, 6.45) is 2.92. The Morgan fingerprint density at radius 3 is 2.79 bits per heavy atom. The number of benzene rings is 1. The van der Waals surface area contributed by atoms with E-state index in [-0.39, 0.29) is 0 Å². The lowest BCUT2D eigenvalue weighted by atomic mass is 10.1. The van der Waals surface area contributed by atoms with Gasteiger partial charge in [-0.1, -0.05) is 19.1 Å². The van der Waals surface area contributed by atoms with Crippen molar-refractivity contribution in [1.82, 2.24) is 9.78 Å². The van der Waals surface area contributed by atoms with Gasteiger partial charge in [0.1, 0.15) is 0 Å². The Morgan fingerprint density at radius 1 is 1.37 bits per heavy atom. The van der Waals surface area contributed by atoms with Crippen LogP contribution in [0.2, 0.25) is 0 Å². The fourth-order valence-corrected chi connectivity index (χ4v) is 2.10. The van der Waals surface area contributed by atoms with E-state index in [1.165, 1.54) is 5.56 Å². The van der Waals surface area contributed by atoms with Crippen LogP contribution in [0, 0.1) is 6.92 Å². The first-order chi connectivity index (χ1) is 9.08. The van der Waals surface area contributed by atoms with Crippen LogP contribution in [0.3, 0.4) is 0 Å². The lowest BCUT2D eigenvalue weighted by molar-refractivity contribution is 0.756. The van der Waals surface area contributed by atoms with E-state index in [2.05, 4.69) is 34.8 Å². The quantitative estimate of drug-likeness (QED) is 0.844. The van der Waals surface area contributed by atoms with Gasteiger partial charge in [-0.2, -0.15) is 5.10 Å². The molecule has 2 rings (SSSR count). The zero-order valence-electron chi connectivity index (χ0n) is 11.4. The molecule has 0 bridgehead atoms. The van der Waals surface area contributed by atoms with Gasteiger partial charge < -0.3 is 10.6 Å². The van der Waals surface area contributed by atoms with E-state index >= 15 is 0 Å². The van der Waals surface area contributed by atoms with E-state index in [9.17, 15) is 0 Å². The van der Waals surface area contributed by atoms with Crippen LogP contribution in [0.25, 0.3) is 0 Å². The van der Waals surface area contributed by atoms with E-state index in [1.54, 1.807) is 4.68 Å². The van der Waals surface area contributed by atoms with Gasteiger partial charge in [0, 0.05) is 18.9 Å². The number of anilines is 2. The van der Waals surface area contributed by atoms with E-state index in [0.717, 1.165) is 23.5 Å². The highest BCUT2D eigenvalue weighted by Crippen LogP contribution is 2.14. The van der Waals surface area contributed by atoms with E-state index < -0.39 is 0 Å². The summed E-state index contributed by atoms with van der Waals surface area (Å²) in [5.74, 6) is 0. The average molecular weight is 274 g/mol.